The van der Waals surface area contributed by atoms with E-state index in [0.29, 0.717) is 26.4 Å². The zero-order chi connectivity index (χ0) is 18.3. The van der Waals surface area contributed by atoms with Crippen LogP contribution in [0.15, 0.2) is 18.2 Å². The Hall–Kier alpha value is -0.923. The van der Waals surface area contributed by atoms with Gasteiger partial charge in [0, 0.05) is 43.9 Å². The van der Waals surface area contributed by atoms with Crippen LogP contribution in [-0.4, -0.2) is 34.4 Å². The number of benzene rings is 1. The number of unbranched alkanes of at least 4 members (excludes halogenated alkanes) is 1. The Bertz CT molecular complexity index is 534. The predicted molar refractivity (Wildman–Crippen MR) is 100 cm³/mol. The summed E-state index contributed by atoms with van der Waals surface area (Å²) < 4.78 is 30.1. The molecule has 1 unspecified atom stereocenters. The van der Waals surface area contributed by atoms with Gasteiger partial charge in [-0.1, -0.05) is 19.4 Å². The molecule has 1 aromatic carbocycles. The average Bonchev–Trinajstić information content (AvgIpc) is 2.60. The minimum absolute atomic E-state index is 0.526. The van der Waals surface area contributed by atoms with Crippen molar-refractivity contribution in [1.29, 1.82) is 0 Å². The van der Waals surface area contributed by atoms with Crippen LogP contribution in [0.25, 0.3) is 0 Å². The minimum atomic E-state index is -2.90. The highest BCUT2D eigenvalue weighted by Crippen LogP contribution is 2.34. The Labute approximate surface area is 152 Å². The third-order valence-electron chi connectivity index (χ3n) is 4.26. The van der Waals surface area contributed by atoms with Gasteiger partial charge in [0.1, 0.15) is 5.75 Å². The zero-order valence-corrected chi connectivity index (χ0v) is 17.2. The van der Waals surface area contributed by atoms with Crippen LogP contribution in [0.4, 0.5) is 0 Å². The van der Waals surface area contributed by atoms with E-state index in [1.807, 2.05) is 39.8 Å². The van der Waals surface area contributed by atoms with Crippen molar-refractivity contribution in [3.8, 4) is 5.75 Å². The number of ether oxygens (including phenoxy) is 2. The maximum atomic E-state index is 6.14. The number of rotatable bonds is 10. The molecule has 142 valence electrons. The molecule has 0 saturated carbocycles. The van der Waals surface area contributed by atoms with E-state index >= 15 is 0 Å². The topological polar surface area (TPSA) is 46.2 Å². The molecule has 0 spiro atoms. The van der Waals surface area contributed by atoms with E-state index in [4.69, 9.17) is 22.8 Å². The van der Waals surface area contributed by atoms with Gasteiger partial charge in [0.2, 0.25) is 5.79 Å². The predicted octanol–water partition coefficient (Wildman–Crippen LogP) is 3.76. The normalized spacial score (nSPS) is 20.2. The smallest absolute Gasteiger partial charge is 0.462 e. The number of hydrogen-bond donors (Lipinski definition) is 0. The molecule has 1 aromatic rings. The molecule has 0 aliphatic carbocycles. The van der Waals surface area contributed by atoms with Gasteiger partial charge in [-0.3, -0.25) is 0 Å². The molecule has 0 bridgehead atoms. The van der Waals surface area contributed by atoms with Crippen LogP contribution < -0.4 is 9.92 Å². The van der Waals surface area contributed by atoms with Gasteiger partial charge < -0.3 is 22.8 Å². The summed E-state index contributed by atoms with van der Waals surface area (Å²) in [5.41, 5.74) is 1.02. The lowest BCUT2D eigenvalue weighted by atomic mass is 10.1. The van der Waals surface area contributed by atoms with Crippen LogP contribution in [-0.2, 0) is 24.6 Å². The largest absolute Gasteiger partial charge is 0.537 e. The minimum Gasteiger partial charge on any atom is -0.462 e. The van der Waals surface area contributed by atoms with E-state index < -0.39 is 14.6 Å². The fourth-order valence-electron chi connectivity index (χ4n) is 3.04. The molecule has 6 heteroatoms. The van der Waals surface area contributed by atoms with Gasteiger partial charge in [-0.15, -0.1) is 0 Å². The standard InChI is InChI=1S/C19H32O5Si/c1-6-10-13-19(5)20-15-16-14-17(11-12-18(16)24-19)25(21-7-2,22-8-3)23-9-4/h11-12,14H,6-10,13,15H2,1-5H3. The maximum Gasteiger partial charge on any atom is 0.537 e. The van der Waals surface area contributed by atoms with Crippen molar-refractivity contribution < 1.29 is 22.8 Å². The summed E-state index contributed by atoms with van der Waals surface area (Å²) in [5, 5.41) is 0.959. The third-order valence-corrected chi connectivity index (χ3v) is 7.28. The van der Waals surface area contributed by atoms with E-state index in [-0.39, 0.29) is 0 Å². The quantitative estimate of drug-likeness (QED) is 0.589. The molecule has 5 nitrogen and oxygen atoms in total. The van der Waals surface area contributed by atoms with E-state index in [0.717, 1.165) is 35.8 Å². The van der Waals surface area contributed by atoms with Crippen LogP contribution in [0.3, 0.4) is 0 Å². The lowest BCUT2D eigenvalue weighted by Crippen LogP contribution is -2.57. The summed E-state index contributed by atoms with van der Waals surface area (Å²) in [5.74, 6) is 0.333. The van der Waals surface area contributed by atoms with Gasteiger partial charge in [0.15, 0.2) is 0 Å². The molecule has 0 fully saturated rings. The van der Waals surface area contributed by atoms with Crippen molar-refractivity contribution in [3.63, 3.8) is 0 Å². The Kier molecular flexibility index (Phi) is 7.46. The molecular weight excluding hydrogens is 336 g/mol. The Balaban J connectivity index is 2.28. The zero-order valence-electron chi connectivity index (χ0n) is 16.2. The molecular formula is C19H32O5Si. The second-order valence-electron chi connectivity index (χ2n) is 6.31. The molecule has 1 atom stereocenters. The molecule has 1 aliphatic heterocycles. The van der Waals surface area contributed by atoms with Crippen molar-refractivity contribution in [2.24, 2.45) is 0 Å². The van der Waals surface area contributed by atoms with E-state index in [1.165, 1.54) is 0 Å². The molecule has 0 N–H and O–H groups in total. The monoisotopic (exact) mass is 368 g/mol. The first kappa shape index (κ1) is 20.4. The van der Waals surface area contributed by atoms with Crippen LogP contribution >= 0.6 is 0 Å². The van der Waals surface area contributed by atoms with Crippen molar-refractivity contribution in [3.05, 3.63) is 23.8 Å². The molecule has 1 heterocycles. The van der Waals surface area contributed by atoms with Gasteiger partial charge in [0.05, 0.1) is 6.61 Å². The van der Waals surface area contributed by atoms with Crippen molar-refractivity contribution in [2.45, 2.75) is 66.3 Å². The van der Waals surface area contributed by atoms with Gasteiger partial charge >= 0.3 is 8.80 Å². The van der Waals surface area contributed by atoms with E-state index in [9.17, 15) is 0 Å². The highest BCUT2D eigenvalue weighted by Gasteiger charge is 2.44. The summed E-state index contributed by atoms with van der Waals surface area (Å²) >= 11 is 0. The highest BCUT2D eigenvalue weighted by atomic mass is 28.4. The third kappa shape index (κ3) is 4.83. The fraction of sp³-hybridized carbons (Fsp3) is 0.684. The first-order valence-electron chi connectivity index (χ1n) is 9.40. The summed E-state index contributed by atoms with van der Waals surface area (Å²) in [6, 6.07) is 6.07. The molecule has 0 radical (unpaired) electrons. The Morgan fingerprint density at radius 2 is 1.68 bits per heavy atom. The second-order valence-corrected chi connectivity index (χ2v) is 8.86. The summed E-state index contributed by atoms with van der Waals surface area (Å²) in [4.78, 5) is 0. The molecule has 2 rings (SSSR count). The van der Waals surface area contributed by atoms with Gasteiger partial charge in [-0.25, -0.2) is 0 Å². The molecule has 0 aromatic heterocycles. The van der Waals surface area contributed by atoms with Crippen LogP contribution in [0.1, 0.15) is 59.4 Å². The number of hydrogen-bond acceptors (Lipinski definition) is 5. The van der Waals surface area contributed by atoms with Gasteiger partial charge in [-0.05, 0) is 39.3 Å². The maximum absolute atomic E-state index is 6.14. The second kappa shape index (κ2) is 9.14. The van der Waals surface area contributed by atoms with Crippen LogP contribution in [0.5, 0.6) is 5.75 Å². The molecule has 0 saturated heterocycles. The summed E-state index contributed by atoms with van der Waals surface area (Å²) in [6.45, 7) is 12.2. The summed E-state index contributed by atoms with van der Waals surface area (Å²) in [7, 11) is -2.90. The first-order valence-corrected chi connectivity index (χ1v) is 11.1. The van der Waals surface area contributed by atoms with Gasteiger partial charge in [0.25, 0.3) is 0 Å². The molecule has 25 heavy (non-hydrogen) atoms. The lowest BCUT2D eigenvalue weighted by molar-refractivity contribution is -0.197. The van der Waals surface area contributed by atoms with Crippen LogP contribution in [0, 0.1) is 0 Å². The van der Waals surface area contributed by atoms with Gasteiger partial charge in [-0.2, -0.15) is 0 Å². The number of fused-ring (bicyclic) bond motifs is 1. The molecule has 0 amide bonds. The average molecular weight is 369 g/mol. The lowest BCUT2D eigenvalue weighted by Gasteiger charge is -2.36. The fourth-order valence-corrected chi connectivity index (χ4v) is 5.57. The van der Waals surface area contributed by atoms with Crippen molar-refractivity contribution >= 4 is 14.0 Å². The van der Waals surface area contributed by atoms with Crippen LogP contribution in [0.2, 0.25) is 0 Å². The Morgan fingerprint density at radius 3 is 2.24 bits per heavy atom. The first-order chi connectivity index (χ1) is 12.0. The Morgan fingerprint density at radius 1 is 1.04 bits per heavy atom. The SMILES string of the molecule is CCCCC1(C)OCc2cc([Si](OCC)(OCC)OCC)ccc2O1. The highest BCUT2D eigenvalue weighted by molar-refractivity contribution is 6.75. The van der Waals surface area contributed by atoms with Crippen molar-refractivity contribution in [2.75, 3.05) is 19.8 Å². The molecule has 1 aliphatic rings. The van der Waals surface area contributed by atoms with E-state index in [2.05, 4.69) is 13.0 Å². The van der Waals surface area contributed by atoms with E-state index in [1.54, 1.807) is 0 Å². The summed E-state index contributed by atoms with van der Waals surface area (Å²) in [6.07, 6.45) is 3.10. The van der Waals surface area contributed by atoms with Crippen molar-refractivity contribution in [1.82, 2.24) is 0 Å².